The molecule has 0 radical (unpaired) electrons. The van der Waals surface area contributed by atoms with Crippen molar-refractivity contribution in [2.24, 2.45) is 0 Å². The van der Waals surface area contributed by atoms with Gasteiger partial charge >= 0.3 is 0 Å². The van der Waals surface area contributed by atoms with Gasteiger partial charge in [-0.1, -0.05) is 6.42 Å². The van der Waals surface area contributed by atoms with Gasteiger partial charge < -0.3 is 9.64 Å². The standard InChI is InChI=1S/C14H20ClNO2/c1-16(11-5-3-4-10-15)14(17)12-6-8-13(18-2)9-7-12/h6-9H,3-5,10-11H2,1-2H3. The first-order valence-electron chi connectivity index (χ1n) is 6.14. The van der Waals surface area contributed by atoms with Crippen LogP contribution in [0.2, 0.25) is 0 Å². The van der Waals surface area contributed by atoms with E-state index in [0.717, 1.165) is 31.6 Å². The highest BCUT2D eigenvalue weighted by Gasteiger charge is 2.10. The van der Waals surface area contributed by atoms with Gasteiger partial charge in [0.05, 0.1) is 7.11 Å². The van der Waals surface area contributed by atoms with Crippen LogP contribution in [0.25, 0.3) is 0 Å². The van der Waals surface area contributed by atoms with E-state index in [1.807, 2.05) is 7.05 Å². The number of hydrogen-bond acceptors (Lipinski definition) is 2. The first-order valence-corrected chi connectivity index (χ1v) is 6.68. The third kappa shape index (κ3) is 4.57. The Balaban J connectivity index is 2.46. The van der Waals surface area contributed by atoms with Crippen molar-refractivity contribution >= 4 is 17.5 Å². The van der Waals surface area contributed by atoms with E-state index in [1.54, 1.807) is 36.3 Å². The second-order valence-corrected chi connectivity index (χ2v) is 4.58. The summed E-state index contributed by atoms with van der Waals surface area (Å²) in [5.74, 6) is 1.50. The molecule has 3 nitrogen and oxygen atoms in total. The molecule has 0 heterocycles. The molecule has 0 aliphatic carbocycles. The van der Waals surface area contributed by atoms with Crippen LogP contribution < -0.4 is 4.74 Å². The molecule has 0 N–H and O–H groups in total. The number of alkyl halides is 1. The number of nitrogens with zero attached hydrogens (tertiary/aromatic N) is 1. The van der Waals surface area contributed by atoms with Gasteiger partial charge in [0.15, 0.2) is 0 Å². The predicted molar refractivity (Wildman–Crippen MR) is 74.5 cm³/mol. The molecule has 0 spiro atoms. The number of benzene rings is 1. The van der Waals surface area contributed by atoms with E-state index in [4.69, 9.17) is 16.3 Å². The Morgan fingerprint density at radius 2 is 1.89 bits per heavy atom. The summed E-state index contributed by atoms with van der Waals surface area (Å²) in [4.78, 5) is 13.8. The van der Waals surface area contributed by atoms with Crippen LogP contribution in [0.4, 0.5) is 0 Å². The zero-order valence-electron chi connectivity index (χ0n) is 11.0. The lowest BCUT2D eigenvalue weighted by Gasteiger charge is -2.17. The number of unbranched alkanes of at least 4 members (excludes halogenated alkanes) is 2. The fourth-order valence-electron chi connectivity index (χ4n) is 1.68. The van der Waals surface area contributed by atoms with Crippen molar-refractivity contribution in [3.8, 4) is 5.75 Å². The van der Waals surface area contributed by atoms with Crippen LogP contribution >= 0.6 is 11.6 Å². The molecule has 1 rings (SSSR count). The number of carbonyl (C=O) groups excluding carboxylic acids is 1. The Morgan fingerprint density at radius 3 is 2.44 bits per heavy atom. The first kappa shape index (κ1) is 14.8. The van der Waals surface area contributed by atoms with E-state index in [2.05, 4.69) is 0 Å². The molecule has 100 valence electrons. The molecule has 0 saturated heterocycles. The lowest BCUT2D eigenvalue weighted by Crippen LogP contribution is -2.27. The zero-order valence-corrected chi connectivity index (χ0v) is 11.7. The summed E-state index contributed by atoms with van der Waals surface area (Å²) >= 11 is 5.61. The van der Waals surface area contributed by atoms with Crippen LogP contribution in [0.3, 0.4) is 0 Å². The Bertz CT molecular complexity index is 365. The van der Waals surface area contributed by atoms with Gasteiger partial charge in [0, 0.05) is 25.0 Å². The van der Waals surface area contributed by atoms with Gasteiger partial charge in [0.1, 0.15) is 5.75 Å². The number of rotatable bonds is 7. The molecule has 0 aliphatic rings. The largest absolute Gasteiger partial charge is 0.497 e. The number of amides is 1. The van der Waals surface area contributed by atoms with Gasteiger partial charge in [-0.15, -0.1) is 11.6 Å². The molecule has 0 saturated carbocycles. The monoisotopic (exact) mass is 269 g/mol. The molecular formula is C14H20ClNO2. The number of ether oxygens (including phenoxy) is 1. The highest BCUT2D eigenvalue weighted by molar-refractivity contribution is 6.17. The summed E-state index contributed by atoms with van der Waals surface area (Å²) < 4.78 is 5.06. The molecule has 1 aromatic rings. The Hall–Kier alpha value is -1.22. The molecule has 1 amide bonds. The first-order chi connectivity index (χ1) is 8.69. The molecule has 0 unspecified atom stereocenters. The molecule has 4 heteroatoms. The number of hydrogen-bond donors (Lipinski definition) is 0. The smallest absolute Gasteiger partial charge is 0.253 e. The summed E-state index contributed by atoms with van der Waals surface area (Å²) in [6.45, 7) is 0.766. The quantitative estimate of drug-likeness (QED) is 0.562. The van der Waals surface area contributed by atoms with E-state index in [9.17, 15) is 4.79 Å². The SMILES string of the molecule is COc1ccc(C(=O)N(C)CCCCCCl)cc1. The van der Waals surface area contributed by atoms with E-state index in [-0.39, 0.29) is 5.91 Å². The highest BCUT2D eigenvalue weighted by atomic mass is 35.5. The van der Waals surface area contributed by atoms with Crippen molar-refractivity contribution < 1.29 is 9.53 Å². The average Bonchev–Trinajstić information content (AvgIpc) is 2.42. The van der Waals surface area contributed by atoms with Crippen molar-refractivity contribution in [3.05, 3.63) is 29.8 Å². The lowest BCUT2D eigenvalue weighted by atomic mass is 10.2. The third-order valence-electron chi connectivity index (χ3n) is 2.81. The second-order valence-electron chi connectivity index (χ2n) is 4.20. The number of halogens is 1. The summed E-state index contributed by atoms with van der Waals surface area (Å²) in [7, 11) is 3.44. The minimum absolute atomic E-state index is 0.0449. The van der Waals surface area contributed by atoms with Gasteiger partial charge in [0.2, 0.25) is 0 Å². The fourth-order valence-corrected chi connectivity index (χ4v) is 1.86. The minimum Gasteiger partial charge on any atom is -0.497 e. The molecule has 0 atom stereocenters. The Labute approximate surface area is 114 Å². The minimum atomic E-state index is 0.0449. The maximum absolute atomic E-state index is 12.1. The molecule has 1 aromatic carbocycles. The van der Waals surface area contributed by atoms with Gasteiger partial charge in [-0.25, -0.2) is 0 Å². The summed E-state index contributed by atoms with van der Waals surface area (Å²) in [5, 5.41) is 0. The van der Waals surface area contributed by atoms with E-state index >= 15 is 0 Å². The van der Waals surface area contributed by atoms with Crippen LogP contribution in [-0.4, -0.2) is 37.4 Å². The van der Waals surface area contributed by atoms with Crippen LogP contribution in [0.15, 0.2) is 24.3 Å². The molecule has 18 heavy (non-hydrogen) atoms. The van der Waals surface area contributed by atoms with Crippen molar-refractivity contribution in [1.82, 2.24) is 4.90 Å². The highest BCUT2D eigenvalue weighted by Crippen LogP contribution is 2.13. The number of methoxy groups -OCH3 is 1. The summed E-state index contributed by atoms with van der Waals surface area (Å²) in [6, 6.07) is 7.18. The van der Waals surface area contributed by atoms with Crippen LogP contribution in [0, 0.1) is 0 Å². The van der Waals surface area contributed by atoms with Crippen molar-refractivity contribution in [2.75, 3.05) is 26.6 Å². The summed E-state index contributed by atoms with van der Waals surface area (Å²) in [5.41, 5.74) is 0.690. The molecule has 0 fully saturated rings. The average molecular weight is 270 g/mol. The van der Waals surface area contributed by atoms with Gasteiger partial charge in [0.25, 0.3) is 5.91 Å². The van der Waals surface area contributed by atoms with E-state index in [1.165, 1.54) is 0 Å². The maximum atomic E-state index is 12.1. The van der Waals surface area contributed by atoms with Crippen molar-refractivity contribution in [1.29, 1.82) is 0 Å². The van der Waals surface area contributed by atoms with Crippen LogP contribution in [-0.2, 0) is 0 Å². The fraction of sp³-hybridized carbons (Fsp3) is 0.500. The van der Waals surface area contributed by atoms with E-state index < -0.39 is 0 Å². The molecule has 0 aromatic heterocycles. The maximum Gasteiger partial charge on any atom is 0.253 e. The summed E-state index contributed by atoms with van der Waals surface area (Å²) in [6.07, 6.45) is 3.06. The van der Waals surface area contributed by atoms with Crippen molar-refractivity contribution in [2.45, 2.75) is 19.3 Å². The predicted octanol–water partition coefficient (Wildman–Crippen LogP) is 3.18. The van der Waals surface area contributed by atoms with Gasteiger partial charge in [-0.05, 0) is 37.1 Å². The number of carbonyl (C=O) groups is 1. The van der Waals surface area contributed by atoms with Gasteiger partial charge in [-0.3, -0.25) is 4.79 Å². The Morgan fingerprint density at radius 1 is 1.22 bits per heavy atom. The second kappa shape index (κ2) is 7.98. The molecule has 0 bridgehead atoms. The van der Waals surface area contributed by atoms with Crippen LogP contribution in [0.1, 0.15) is 29.6 Å². The lowest BCUT2D eigenvalue weighted by molar-refractivity contribution is 0.0792. The third-order valence-corrected chi connectivity index (χ3v) is 3.08. The Kier molecular flexibility index (Phi) is 6.58. The molecule has 0 aliphatic heterocycles. The van der Waals surface area contributed by atoms with Gasteiger partial charge in [-0.2, -0.15) is 0 Å². The van der Waals surface area contributed by atoms with Crippen molar-refractivity contribution in [3.63, 3.8) is 0 Å². The zero-order chi connectivity index (χ0) is 13.4. The molecular weight excluding hydrogens is 250 g/mol. The van der Waals surface area contributed by atoms with E-state index in [0.29, 0.717) is 11.4 Å². The normalized spacial score (nSPS) is 10.2. The topological polar surface area (TPSA) is 29.5 Å². The van der Waals surface area contributed by atoms with Crippen LogP contribution in [0.5, 0.6) is 5.75 Å².